The van der Waals surface area contributed by atoms with E-state index in [1.54, 1.807) is 0 Å². The van der Waals surface area contributed by atoms with Gasteiger partial charge in [0.1, 0.15) is 0 Å². The Morgan fingerprint density at radius 3 is 1.43 bits per heavy atom. The highest BCUT2D eigenvalue weighted by Crippen LogP contribution is 2.46. The minimum Gasteiger partial charge on any atom is -0.310 e. The van der Waals surface area contributed by atoms with Gasteiger partial charge in [0, 0.05) is 63.4 Å². The van der Waals surface area contributed by atoms with E-state index in [4.69, 9.17) is 0 Å². The van der Waals surface area contributed by atoms with Crippen LogP contribution in [0.5, 0.6) is 0 Å². The Kier molecular flexibility index (Phi) is 8.13. The Morgan fingerprint density at radius 1 is 0.358 bits per heavy atom. The quantitative estimate of drug-likeness (QED) is 0.160. The maximum Gasteiger partial charge on any atom is 0.0543 e. The Labute approximate surface area is 310 Å². The van der Waals surface area contributed by atoms with Gasteiger partial charge in [-0.3, -0.25) is 9.97 Å². The predicted octanol–water partition coefficient (Wildman–Crippen LogP) is 13.2. The SMILES string of the molecule is CC(C)(c1cccc(N(c2ccncc2)c2cccc3ccccc23)c1)c1cc(N(c2ccncc2)c2cccc3ccccc23)c2ccccc2c1. The van der Waals surface area contributed by atoms with Crippen LogP contribution in [0.3, 0.4) is 0 Å². The normalized spacial score (nSPS) is 11.6. The van der Waals surface area contributed by atoms with Crippen LogP contribution in [0.4, 0.5) is 34.1 Å². The minimum absolute atomic E-state index is 0.361. The van der Waals surface area contributed by atoms with Crippen molar-refractivity contribution in [1.29, 1.82) is 0 Å². The molecule has 9 aromatic rings. The third-order valence-electron chi connectivity index (χ3n) is 10.5. The second-order valence-corrected chi connectivity index (χ2v) is 14.0. The van der Waals surface area contributed by atoms with Crippen LogP contribution in [0.25, 0.3) is 32.3 Å². The number of aromatic nitrogens is 2. The van der Waals surface area contributed by atoms with E-state index < -0.39 is 0 Å². The highest BCUT2D eigenvalue weighted by molar-refractivity contribution is 6.05. The molecule has 254 valence electrons. The van der Waals surface area contributed by atoms with Crippen LogP contribution in [-0.2, 0) is 5.41 Å². The molecule has 4 heteroatoms. The maximum absolute atomic E-state index is 4.38. The third kappa shape index (κ3) is 5.84. The molecule has 0 aliphatic carbocycles. The lowest BCUT2D eigenvalue weighted by atomic mass is 9.77. The summed E-state index contributed by atoms with van der Waals surface area (Å²) < 4.78 is 0. The fraction of sp³-hybridized carbons (Fsp3) is 0.0612. The summed E-state index contributed by atoms with van der Waals surface area (Å²) in [5.74, 6) is 0. The van der Waals surface area contributed by atoms with E-state index in [9.17, 15) is 0 Å². The van der Waals surface area contributed by atoms with Crippen molar-refractivity contribution in [3.05, 3.63) is 206 Å². The monoisotopic (exact) mass is 682 g/mol. The average Bonchev–Trinajstić information content (AvgIpc) is 3.22. The molecule has 0 radical (unpaired) electrons. The van der Waals surface area contributed by atoms with Crippen LogP contribution in [-0.4, -0.2) is 9.97 Å². The van der Waals surface area contributed by atoms with Crippen LogP contribution in [0.15, 0.2) is 195 Å². The molecule has 0 aliphatic rings. The summed E-state index contributed by atoms with van der Waals surface area (Å²) in [5, 5.41) is 7.17. The molecule has 0 saturated heterocycles. The van der Waals surface area contributed by atoms with Gasteiger partial charge < -0.3 is 9.80 Å². The molecule has 2 aromatic heterocycles. The molecule has 7 aromatic carbocycles. The molecular formula is C49H38N4. The van der Waals surface area contributed by atoms with Gasteiger partial charge in [0.25, 0.3) is 0 Å². The van der Waals surface area contributed by atoms with Crippen molar-refractivity contribution in [2.24, 2.45) is 0 Å². The molecule has 2 heterocycles. The van der Waals surface area contributed by atoms with E-state index in [1.807, 2.05) is 24.8 Å². The summed E-state index contributed by atoms with van der Waals surface area (Å²) >= 11 is 0. The zero-order valence-electron chi connectivity index (χ0n) is 29.8. The van der Waals surface area contributed by atoms with E-state index in [-0.39, 0.29) is 5.41 Å². The first kappa shape index (κ1) is 32.1. The number of anilines is 6. The van der Waals surface area contributed by atoms with Crippen molar-refractivity contribution in [3.63, 3.8) is 0 Å². The van der Waals surface area contributed by atoms with Gasteiger partial charge in [-0.2, -0.15) is 0 Å². The summed E-state index contributed by atoms with van der Waals surface area (Å²) in [7, 11) is 0. The summed E-state index contributed by atoms with van der Waals surface area (Å²) in [4.78, 5) is 13.5. The molecule has 53 heavy (non-hydrogen) atoms. The van der Waals surface area contributed by atoms with Crippen LogP contribution >= 0.6 is 0 Å². The lowest BCUT2D eigenvalue weighted by molar-refractivity contribution is 0.642. The van der Waals surface area contributed by atoms with Gasteiger partial charge in [0.05, 0.1) is 17.1 Å². The maximum atomic E-state index is 4.38. The number of benzene rings is 7. The van der Waals surface area contributed by atoms with Crippen LogP contribution < -0.4 is 9.80 Å². The summed E-state index contributed by atoms with van der Waals surface area (Å²) in [6.07, 6.45) is 7.48. The van der Waals surface area contributed by atoms with E-state index in [1.165, 1.54) is 43.4 Å². The average molecular weight is 683 g/mol. The highest BCUT2D eigenvalue weighted by Gasteiger charge is 2.28. The predicted molar refractivity (Wildman–Crippen MR) is 222 cm³/mol. The van der Waals surface area contributed by atoms with Gasteiger partial charge >= 0.3 is 0 Å². The topological polar surface area (TPSA) is 32.3 Å². The molecule has 0 spiro atoms. The van der Waals surface area contributed by atoms with Crippen molar-refractivity contribution in [1.82, 2.24) is 9.97 Å². The number of hydrogen-bond donors (Lipinski definition) is 0. The van der Waals surface area contributed by atoms with E-state index in [2.05, 4.69) is 203 Å². The molecule has 4 nitrogen and oxygen atoms in total. The molecule has 9 rings (SSSR count). The van der Waals surface area contributed by atoms with Gasteiger partial charge in [0.2, 0.25) is 0 Å². The largest absolute Gasteiger partial charge is 0.310 e. The lowest BCUT2D eigenvalue weighted by Crippen LogP contribution is -2.21. The molecule has 0 N–H and O–H groups in total. The standard InChI is InChI=1S/C49H38N4/c1-49(2,38-17-11-18-42(33-38)52(40-24-28-50-29-25-40)46-22-9-15-35-12-3-6-19-43(35)46)39-32-37-14-5-8-21-45(37)48(34-39)53(41-26-30-51-31-27-41)47-23-10-16-36-13-4-7-20-44(36)47/h3-34H,1-2H3. The number of nitrogens with zero attached hydrogens (tertiary/aromatic N) is 4. The van der Waals surface area contributed by atoms with Gasteiger partial charge in [-0.05, 0) is 81.9 Å². The number of rotatable bonds is 8. The number of hydrogen-bond acceptors (Lipinski definition) is 4. The molecule has 0 saturated carbocycles. The van der Waals surface area contributed by atoms with Crippen LogP contribution in [0.1, 0.15) is 25.0 Å². The van der Waals surface area contributed by atoms with E-state index in [0.717, 1.165) is 34.1 Å². The van der Waals surface area contributed by atoms with E-state index >= 15 is 0 Å². The smallest absolute Gasteiger partial charge is 0.0543 e. The van der Waals surface area contributed by atoms with Crippen molar-refractivity contribution < 1.29 is 0 Å². The summed E-state index contributed by atoms with van der Waals surface area (Å²) in [6, 6.07) is 61.1. The van der Waals surface area contributed by atoms with Crippen molar-refractivity contribution in [2.45, 2.75) is 19.3 Å². The second kappa shape index (κ2) is 13.4. The molecule has 0 bridgehead atoms. The highest BCUT2D eigenvalue weighted by atomic mass is 15.2. The van der Waals surface area contributed by atoms with Crippen LogP contribution in [0, 0.1) is 0 Å². The van der Waals surface area contributed by atoms with E-state index in [0.29, 0.717) is 0 Å². The van der Waals surface area contributed by atoms with Gasteiger partial charge in [-0.15, -0.1) is 0 Å². The zero-order valence-corrected chi connectivity index (χ0v) is 29.8. The van der Waals surface area contributed by atoms with Crippen molar-refractivity contribution in [2.75, 3.05) is 9.80 Å². The summed E-state index contributed by atoms with van der Waals surface area (Å²) in [6.45, 7) is 4.67. The second-order valence-electron chi connectivity index (χ2n) is 14.0. The Bertz CT molecular complexity index is 2710. The Balaban J connectivity index is 1.23. The minimum atomic E-state index is -0.361. The first-order valence-corrected chi connectivity index (χ1v) is 18.1. The van der Waals surface area contributed by atoms with Gasteiger partial charge in [-0.1, -0.05) is 129 Å². The van der Waals surface area contributed by atoms with Crippen LogP contribution in [0.2, 0.25) is 0 Å². The first-order valence-electron chi connectivity index (χ1n) is 18.1. The van der Waals surface area contributed by atoms with Gasteiger partial charge in [-0.25, -0.2) is 0 Å². The Hall–Kier alpha value is -6.78. The van der Waals surface area contributed by atoms with Gasteiger partial charge in [0.15, 0.2) is 0 Å². The third-order valence-corrected chi connectivity index (χ3v) is 10.5. The molecule has 0 amide bonds. The fourth-order valence-electron chi connectivity index (χ4n) is 7.66. The molecule has 0 atom stereocenters. The zero-order chi connectivity index (χ0) is 35.8. The molecular weight excluding hydrogens is 645 g/mol. The fourth-order valence-corrected chi connectivity index (χ4v) is 7.66. The summed E-state index contributed by atoms with van der Waals surface area (Å²) in [5.41, 5.74) is 8.66. The van der Waals surface area contributed by atoms with Crippen molar-refractivity contribution >= 4 is 66.4 Å². The molecule has 0 unspecified atom stereocenters. The van der Waals surface area contributed by atoms with Crippen molar-refractivity contribution in [3.8, 4) is 0 Å². The first-order chi connectivity index (χ1) is 26.1. The number of fused-ring (bicyclic) bond motifs is 3. The molecule has 0 fully saturated rings. The number of pyridine rings is 2. The lowest BCUT2D eigenvalue weighted by Gasteiger charge is -2.33. The molecule has 0 aliphatic heterocycles. The Morgan fingerprint density at radius 2 is 0.830 bits per heavy atom.